The number of carbonyl (C=O) groups is 1. The molecule has 1 aliphatic heterocycles. The van der Waals surface area contributed by atoms with Gasteiger partial charge < -0.3 is 18.9 Å². The molecule has 13 nitrogen and oxygen atoms in total. The van der Waals surface area contributed by atoms with Gasteiger partial charge in [-0.15, -0.1) is 0 Å². The van der Waals surface area contributed by atoms with E-state index in [-0.39, 0.29) is 25.7 Å². The zero-order valence-electron chi connectivity index (χ0n) is 30.0. The number of rotatable bonds is 28. The molecule has 0 saturated carbocycles. The van der Waals surface area contributed by atoms with Crippen LogP contribution in [0.5, 0.6) is 0 Å². The average Bonchev–Trinajstić information content (AvgIpc) is 3.54. The molecule has 0 amide bonds. The second-order valence-electron chi connectivity index (χ2n) is 12.9. The summed E-state index contributed by atoms with van der Waals surface area (Å²) in [5, 5.41) is 2.72. The molecule has 1 aromatic heterocycles. The molecular weight excluding hydrogens is 641 g/mol. The summed E-state index contributed by atoms with van der Waals surface area (Å²) in [6.07, 6.45) is 18.4. The standard InChI is InChI=1S/C34H62N3O10P/c1-6-7-8-9-10-11-12-13-14-15-16-17-18-19-21-43-22-20-23-45-48(41,36-31(27(2)3)33(39)42-5)46-26-30-44-25-29(47-30)37-24-28(4)32(38)35-34(37)40/h24,27,29-31H,6-23,25-26H2,1-5H3,(H,36,41)(H,35,38,40)/t29-,30-,31+,48?/m1/s1. The van der Waals surface area contributed by atoms with Gasteiger partial charge in [0.15, 0.2) is 12.5 Å². The Morgan fingerprint density at radius 1 is 0.938 bits per heavy atom. The van der Waals surface area contributed by atoms with Gasteiger partial charge in [-0.3, -0.25) is 28.2 Å². The Morgan fingerprint density at radius 3 is 2.10 bits per heavy atom. The highest BCUT2D eigenvalue weighted by Crippen LogP contribution is 2.45. The predicted octanol–water partition coefficient (Wildman–Crippen LogP) is 6.53. The molecule has 1 unspecified atom stereocenters. The van der Waals surface area contributed by atoms with Crippen LogP contribution in [-0.2, 0) is 37.4 Å². The number of hydrogen-bond acceptors (Lipinski definition) is 10. The first-order valence-corrected chi connectivity index (χ1v) is 19.6. The van der Waals surface area contributed by atoms with Gasteiger partial charge in [0.1, 0.15) is 12.6 Å². The molecule has 48 heavy (non-hydrogen) atoms. The number of aromatic nitrogens is 2. The van der Waals surface area contributed by atoms with Gasteiger partial charge in [-0.1, -0.05) is 104 Å². The van der Waals surface area contributed by atoms with Crippen LogP contribution < -0.4 is 16.3 Å². The van der Waals surface area contributed by atoms with E-state index in [1.807, 2.05) is 0 Å². The Balaban J connectivity index is 1.68. The molecule has 0 bridgehead atoms. The van der Waals surface area contributed by atoms with Gasteiger partial charge in [-0.2, -0.15) is 0 Å². The van der Waals surface area contributed by atoms with E-state index >= 15 is 0 Å². The Hall–Kier alpha value is -1.86. The maximum Gasteiger partial charge on any atom is 0.406 e. The van der Waals surface area contributed by atoms with Crippen LogP contribution >= 0.6 is 7.75 Å². The second kappa shape index (κ2) is 24.3. The topological polar surface area (TPSA) is 156 Å². The van der Waals surface area contributed by atoms with E-state index in [4.69, 9.17) is 28.0 Å². The fourth-order valence-corrected chi connectivity index (χ4v) is 7.02. The van der Waals surface area contributed by atoms with Crippen molar-refractivity contribution in [1.82, 2.24) is 14.6 Å². The van der Waals surface area contributed by atoms with Gasteiger partial charge >= 0.3 is 19.4 Å². The van der Waals surface area contributed by atoms with Crippen LogP contribution in [0.4, 0.5) is 0 Å². The first-order valence-electron chi connectivity index (χ1n) is 18.0. The molecule has 0 aromatic carbocycles. The van der Waals surface area contributed by atoms with Crippen LogP contribution in [0.25, 0.3) is 0 Å². The zero-order valence-corrected chi connectivity index (χ0v) is 30.9. The Kier molecular flexibility index (Phi) is 21.4. The number of methoxy groups -OCH3 is 1. The number of H-pyrrole nitrogens is 1. The molecule has 0 aliphatic carbocycles. The normalized spacial score (nSPS) is 18.3. The third kappa shape index (κ3) is 16.7. The lowest BCUT2D eigenvalue weighted by atomic mass is 10.0. The van der Waals surface area contributed by atoms with Crippen molar-refractivity contribution in [3.05, 3.63) is 32.6 Å². The molecule has 1 aliphatic rings. The van der Waals surface area contributed by atoms with E-state index in [0.717, 1.165) is 12.8 Å². The summed E-state index contributed by atoms with van der Waals surface area (Å²) in [5.41, 5.74) is -0.781. The number of aromatic amines is 1. The largest absolute Gasteiger partial charge is 0.468 e. The molecular formula is C34H62N3O10P. The SMILES string of the molecule is CCCCCCCCCCCCCCCCOCCCOP(=O)(N[C@H](C(=O)OC)C(C)C)OC[C@@H]1OC[C@H](n2cc(C)c(=O)[nH]c2=O)O1. The number of ether oxygens (including phenoxy) is 4. The number of nitrogens with zero attached hydrogens (tertiary/aromatic N) is 1. The lowest BCUT2D eigenvalue weighted by Gasteiger charge is -2.26. The highest BCUT2D eigenvalue weighted by molar-refractivity contribution is 7.51. The number of hydrogen-bond donors (Lipinski definition) is 2. The molecule has 1 saturated heterocycles. The van der Waals surface area contributed by atoms with E-state index in [0.29, 0.717) is 25.2 Å². The minimum atomic E-state index is -4.04. The molecule has 2 rings (SSSR count). The van der Waals surface area contributed by atoms with Crippen LogP contribution in [0.15, 0.2) is 15.8 Å². The van der Waals surface area contributed by atoms with Crippen LogP contribution in [0, 0.1) is 12.8 Å². The fourth-order valence-electron chi connectivity index (χ4n) is 5.37. The molecule has 0 spiro atoms. The van der Waals surface area contributed by atoms with Crippen LogP contribution in [0.2, 0.25) is 0 Å². The van der Waals surface area contributed by atoms with Crippen molar-refractivity contribution in [3.8, 4) is 0 Å². The monoisotopic (exact) mass is 703 g/mol. The van der Waals surface area contributed by atoms with Crippen LogP contribution in [0.3, 0.4) is 0 Å². The highest BCUT2D eigenvalue weighted by Gasteiger charge is 2.37. The highest BCUT2D eigenvalue weighted by atomic mass is 31.2. The van der Waals surface area contributed by atoms with Crippen molar-refractivity contribution < 1.29 is 37.4 Å². The Bertz CT molecular complexity index is 1190. The number of nitrogens with one attached hydrogen (secondary N) is 2. The van der Waals surface area contributed by atoms with Crippen molar-refractivity contribution >= 4 is 13.7 Å². The van der Waals surface area contributed by atoms with E-state index < -0.39 is 43.5 Å². The predicted molar refractivity (Wildman–Crippen MR) is 185 cm³/mol. The third-order valence-electron chi connectivity index (χ3n) is 8.33. The number of unbranched alkanes of at least 4 members (excludes halogenated alkanes) is 13. The molecule has 278 valence electrons. The first kappa shape index (κ1) is 42.3. The van der Waals surface area contributed by atoms with Crippen LogP contribution in [0.1, 0.15) is 129 Å². The maximum atomic E-state index is 13.8. The molecule has 0 radical (unpaired) electrons. The van der Waals surface area contributed by atoms with Crippen molar-refractivity contribution in [2.75, 3.05) is 40.1 Å². The summed E-state index contributed by atoms with van der Waals surface area (Å²) in [6.45, 7) is 8.26. The summed E-state index contributed by atoms with van der Waals surface area (Å²) in [7, 11) is -2.79. The van der Waals surface area contributed by atoms with Crippen molar-refractivity contribution in [2.24, 2.45) is 5.92 Å². The van der Waals surface area contributed by atoms with Crippen molar-refractivity contribution in [3.63, 3.8) is 0 Å². The number of esters is 1. The molecule has 2 N–H and O–H groups in total. The minimum Gasteiger partial charge on any atom is -0.468 e. The lowest BCUT2D eigenvalue weighted by molar-refractivity contribution is -0.144. The maximum absolute atomic E-state index is 13.8. The quantitative estimate of drug-likeness (QED) is 0.0556. The number of carbonyl (C=O) groups excluding carboxylic acids is 1. The van der Waals surface area contributed by atoms with E-state index in [9.17, 15) is 18.9 Å². The van der Waals surface area contributed by atoms with E-state index in [1.54, 1.807) is 20.8 Å². The Labute approximate surface area is 286 Å². The summed E-state index contributed by atoms with van der Waals surface area (Å²) < 4.78 is 48.3. The van der Waals surface area contributed by atoms with Gasteiger partial charge in [-0.05, 0) is 25.7 Å². The average molecular weight is 704 g/mol. The smallest absolute Gasteiger partial charge is 0.406 e. The number of aryl methyl sites for hydroxylation is 1. The fraction of sp³-hybridized carbons (Fsp3) is 0.853. The van der Waals surface area contributed by atoms with Gasteiger partial charge in [0.25, 0.3) is 5.56 Å². The molecule has 14 heteroatoms. The summed E-state index contributed by atoms with van der Waals surface area (Å²) in [4.78, 5) is 38.6. The Morgan fingerprint density at radius 2 is 1.52 bits per heavy atom. The van der Waals surface area contributed by atoms with Crippen LogP contribution in [-0.4, -0.2) is 68.0 Å². The zero-order chi connectivity index (χ0) is 35.2. The third-order valence-corrected chi connectivity index (χ3v) is 9.93. The van der Waals surface area contributed by atoms with Gasteiger partial charge in [0.05, 0.1) is 20.3 Å². The van der Waals surface area contributed by atoms with E-state index in [1.165, 1.54) is 94.9 Å². The van der Waals surface area contributed by atoms with Gasteiger partial charge in [0.2, 0.25) is 0 Å². The summed E-state index contributed by atoms with van der Waals surface area (Å²) in [5.74, 6) is -0.875. The summed E-state index contributed by atoms with van der Waals surface area (Å²) in [6, 6.07) is -0.946. The van der Waals surface area contributed by atoms with Crippen molar-refractivity contribution in [1.29, 1.82) is 0 Å². The molecule has 4 atom stereocenters. The summed E-state index contributed by atoms with van der Waals surface area (Å²) >= 11 is 0. The molecule has 2 heterocycles. The van der Waals surface area contributed by atoms with E-state index in [2.05, 4.69) is 17.0 Å². The van der Waals surface area contributed by atoms with Crippen molar-refractivity contribution in [2.45, 2.75) is 143 Å². The van der Waals surface area contributed by atoms with Gasteiger partial charge in [0, 0.05) is 25.0 Å². The van der Waals surface area contributed by atoms with Gasteiger partial charge in [-0.25, -0.2) is 14.4 Å². The second-order valence-corrected chi connectivity index (χ2v) is 14.7. The molecule has 1 aromatic rings. The first-order chi connectivity index (χ1) is 23.1. The minimum absolute atomic E-state index is 0.00539. The lowest BCUT2D eigenvalue weighted by Crippen LogP contribution is -2.41. The molecule has 1 fully saturated rings.